The molecule has 1 saturated heterocycles. The van der Waals surface area contributed by atoms with Crippen molar-refractivity contribution in [2.24, 2.45) is 0 Å². The summed E-state index contributed by atoms with van der Waals surface area (Å²) in [6.45, 7) is 4.68. The second kappa shape index (κ2) is 9.26. The van der Waals surface area contributed by atoms with Gasteiger partial charge in [0.2, 0.25) is 0 Å². The summed E-state index contributed by atoms with van der Waals surface area (Å²) in [5, 5.41) is 11.4. The van der Waals surface area contributed by atoms with E-state index in [1.807, 2.05) is 25.9 Å². The van der Waals surface area contributed by atoms with Crippen LogP contribution in [-0.4, -0.2) is 66.2 Å². The number of aliphatic hydroxyl groups excluding tert-OH is 1. The second-order valence-corrected chi connectivity index (χ2v) is 9.31. The number of Topliss-reactive ketones (excluding diaryl/α,β-unsaturated/α-hetero) is 1. The minimum Gasteiger partial charge on any atom is -0.507 e. The topological polar surface area (TPSA) is 81.2 Å². The Morgan fingerprint density at radius 1 is 1.09 bits per heavy atom. The second-order valence-electron chi connectivity index (χ2n) is 9.31. The van der Waals surface area contributed by atoms with Gasteiger partial charge in [0.05, 0.1) is 11.3 Å². The van der Waals surface area contributed by atoms with Crippen molar-refractivity contribution in [1.82, 2.24) is 9.80 Å². The molecule has 4 rings (SSSR count). The zero-order chi connectivity index (χ0) is 25.5. The quantitative estimate of drug-likeness (QED) is 0.374. The number of anilines is 1. The predicted molar refractivity (Wildman–Crippen MR) is 131 cm³/mol. The molecule has 2 aromatic rings. The molecule has 0 aliphatic carbocycles. The van der Waals surface area contributed by atoms with Gasteiger partial charge in [-0.15, -0.1) is 0 Å². The van der Waals surface area contributed by atoms with Crippen LogP contribution in [0.3, 0.4) is 0 Å². The molecule has 0 bridgehead atoms. The van der Waals surface area contributed by atoms with Gasteiger partial charge in [0.25, 0.3) is 17.6 Å². The van der Waals surface area contributed by atoms with Gasteiger partial charge < -0.3 is 19.8 Å². The number of benzene rings is 2. The van der Waals surface area contributed by atoms with E-state index in [2.05, 4.69) is 0 Å². The molecule has 2 amide bonds. The van der Waals surface area contributed by atoms with Crippen LogP contribution in [0.5, 0.6) is 0 Å². The summed E-state index contributed by atoms with van der Waals surface area (Å²) in [6.07, 6.45) is 1.18. The zero-order valence-corrected chi connectivity index (χ0v) is 20.5. The number of hydrogen-bond donors (Lipinski definition) is 1. The number of rotatable bonds is 7. The number of nitrogens with zero attached hydrogens (tertiary/aromatic N) is 3. The number of amides is 2. The Kier molecular flexibility index (Phi) is 6.51. The van der Waals surface area contributed by atoms with Gasteiger partial charge in [0, 0.05) is 24.2 Å². The van der Waals surface area contributed by atoms with Crippen LogP contribution in [0.1, 0.15) is 36.5 Å². The van der Waals surface area contributed by atoms with Crippen LogP contribution >= 0.6 is 0 Å². The first-order valence-electron chi connectivity index (χ1n) is 11.8. The number of aliphatic hydroxyl groups is 1. The molecular weight excluding hydrogens is 449 g/mol. The molecule has 8 heteroatoms. The Hall–Kier alpha value is -3.52. The molecule has 1 N–H and O–H groups in total. The summed E-state index contributed by atoms with van der Waals surface area (Å²) in [5.41, 5.74) is -0.643. The minimum atomic E-state index is -1.81. The molecule has 2 aliphatic rings. The van der Waals surface area contributed by atoms with Gasteiger partial charge >= 0.3 is 0 Å². The van der Waals surface area contributed by atoms with Gasteiger partial charge in [-0.25, -0.2) is 4.39 Å². The highest BCUT2D eigenvalue weighted by Gasteiger charge is 2.66. The molecule has 1 atom stereocenters. The number of aryl methyl sites for hydroxylation is 1. The van der Waals surface area contributed by atoms with Crippen LogP contribution in [0.25, 0.3) is 5.76 Å². The molecule has 0 aromatic heterocycles. The summed E-state index contributed by atoms with van der Waals surface area (Å²) in [4.78, 5) is 45.9. The molecule has 1 fully saturated rings. The maximum absolute atomic E-state index is 14.4. The lowest BCUT2D eigenvalue weighted by Crippen LogP contribution is -2.52. The molecule has 1 spiro atoms. The maximum atomic E-state index is 14.4. The van der Waals surface area contributed by atoms with Crippen LogP contribution in [-0.2, 0) is 19.9 Å². The molecule has 2 aliphatic heterocycles. The van der Waals surface area contributed by atoms with Gasteiger partial charge in [-0.05, 0) is 58.1 Å². The van der Waals surface area contributed by atoms with Crippen molar-refractivity contribution in [3.63, 3.8) is 0 Å². The number of likely N-dealkylation sites (tertiary alicyclic amines) is 1. The van der Waals surface area contributed by atoms with Crippen molar-refractivity contribution in [1.29, 1.82) is 0 Å². The van der Waals surface area contributed by atoms with Crippen molar-refractivity contribution < 1.29 is 23.9 Å². The van der Waals surface area contributed by atoms with Crippen LogP contribution in [0.15, 0.2) is 48.0 Å². The fourth-order valence-electron chi connectivity index (χ4n) is 5.04. The summed E-state index contributed by atoms with van der Waals surface area (Å²) in [5.74, 6) is -3.37. The lowest BCUT2D eigenvalue weighted by molar-refractivity contribution is -0.143. The predicted octanol–water partition coefficient (Wildman–Crippen LogP) is 3.42. The third kappa shape index (κ3) is 3.72. The van der Waals surface area contributed by atoms with Crippen LogP contribution in [0.4, 0.5) is 10.1 Å². The fraction of sp³-hybridized carbons (Fsp3) is 0.370. The molecule has 2 aromatic carbocycles. The zero-order valence-electron chi connectivity index (χ0n) is 20.5. The first-order valence-corrected chi connectivity index (χ1v) is 11.8. The Morgan fingerprint density at radius 3 is 2.46 bits per heavy atom. The summed E-state index contributed by atoms with van der Waals surface area (Å²) in [6, 6.07) is 11.1. The molecular formula is C27H30FN3O4. The highest BCUT2D eigenvalue weighted by atomic mass is 19.1. The molecule has 7 nitrogen and oxygen atoms in total. The van der Waals surface area contributed by atoms with E-state index in [4.69, 9.17) is 0 Å². The number of ketones is 1. The van der Waals surface area contributed by atoms with E-state index in [-0.39, 0.29) is 17.7 Å². The van der Waals surface area contributed by atoms with Crippen molar-refractivity contribution >= 4 is 29.0 Å². The van der Waals surface area contributed by atoms with Gasteiger partial charge in [-0.2, -0.15) is 0 Å². The van der Waals surface area contributed by atoms with E-state index >= 15 is 0 Å². The van der Waals surface area contributed by atoms with Crippen LogP contribution < -0.4 is 4.90 Å². The van der Waals surface area contributed by atoms with Crippen LogP contribution in [0, 0.1) is 12.7 Å². The number of para-hydroxylation sites is 1. The van der Waals surface area contributed by atoms with Gasteiger partial charge in [0.1, 0.15) is 11.6 Å². The summed E-state index contributed by atoms with van der Waals surface area (Å²) < 4.78 is 14.4. The lowest BCUT2D eigenvalue weighted by Gasteiger charge is -2.34. The van der Waals surface area contributed by atoms with Crippen molar-refractivity contribution in [2.75, 3.05) is 38.6 Å². The average molecular weight is 480 g/mol. The highest BCUT2D eigenvalue weighted by Crippen LogP contribution is 2.53. The van der Waals surface area contributed by atoms with Crippen molar-refractivity contribution in [2.45, 2.75) is 32.2 Å². The average Bonchev–Trinajstić information content (AvgIpc) is 3.19. The minimum absolute atomic E-state index is 0.0398. The van der Waals surface area contributed by atoms with Gasteiger partial charge in [-0.3, -0.25) is 14.4 Å². The number of carbonyl (C=O) groups is 3. The van der Waals surface area contributed by atoms with Gasteiger partial charge in [-0.1, -0.05) is 37.3 Å². The summed E-state index contributed by atoms with van der Waals surface area (Å²) >= 11 is 0. The van der Waals surface area contributed by atoms with E-state index in [9.17, 15) is 23.9 Å². The highest BCUT2D eigenvalue weighted by molar-refractivity contribution is 6.50. The molecule has 184 valence electrons. The first kappa shape index (κ1) is 24.6. The number of fused-ring (bicyclic) bond motifs is 2. The molecule has 0 radical (unpaired) electrons. The monoisotopic (exact) mass is 479 g/mol. The standard InChI is InChI=1S/C27H30FN3O4/c1-5-13-30-21-10-7-6-9-19(21)27(26(30)35)22(23(32)18-12-11-17(2)20(28)16-18)24(33)25(34)31(27)15-8-14-29(3)4/h6-7,9-12,16,32H,5,8,13-15H2,1-4H3/t27-/m0/s1. The van der Waals surface area contributed by atoms with E-state index in [0.717, 1.165) is 6.07 Å². The lowest BCUT2D eigenvalue weighted by atomic mass is 9.81. The van der Waals surface area contributed by atoms with Crippen LogP contribution in [0.2, 0.25) is 0 Å². The number of hydrogen-bond acceptors (Lipinski definition) is 5. The molecule has 35 heavy (non-hydrogen) atoms. The normalized spacial score (nSPS) is 21.0. The Bertz CT molecular complexity index is 1240. The third-order valence-corrected chi connectivity index (χ3v) is 6.69. The Labute approximate surface area is 204 Å². The summed E-state index contributed by atoms with van der Waals surface area (Å²) in [7, 11) is 3.80. The van der Waals surface area contributed by atoms with E-state index in [1.165, 1.54) is 17.0 Å². The van der Waals surface area contributed by atoms with Crippen molar-refractivity contribution in [3.8, 4) is 0 Å². The number of halogens is 1. The molecule has 0 saturated carbocycles. The van der Waals surface area contributed by atoms with Gasteiger partial charge in [0.15, 0.2) is 5.54 Å². The van der Waals surface area contributed by atoms with Crippen molar-refractivity contribution in [3.05, 3.63) is 70.5 Å². The SMILES string of the molecule is CCCN1C(=O)[C@@]2(C(=C(O)c3ccc(C)c(F)c3)C(=O)C(=O)N2CCCN(C)C)c2ccccc21. The maximum Gasteiger partial charge on any atom is 0.296 e. The molecule has 2 heterocycles. The Balaban J connectivity index is 2.01. The first-order chi connectivity index (χ1) is 16.7. The largest absolute Gasteiger partial charge is 0.507 e. The van der Waals surface area contributed by atoms with E-state index in [1.54, 1.807) is 36.1 Å². The fourth-order valence-corrected chi connectivity index (χ4v) is 5.04. The third-order valence-electron chi connectivity index (χ3n) is 6.69. The Morgan fingerprint density at radius 2 is 1.80 bits per heavy atom. The smallest absolute Gasteiger partial charge is 0.296 e. The molecule has 0 unspecified atom stereocenters. The number of carbonyl (C=O) groups excluding carboxylic acids is 3. The van der Waals surface area contributed by atoms with E-state index in [0.29, 0.717) is 42.7 Å². The van der Waals surface area contributed by atoms with E-state index < -0.39 is 34.7 Å².